The van der Waals surface area contributed by atoms with Gasteiger partial charge in [0.05, 0.1) is 18.2 Å². The van der Waals surface area contributed by atoms with E-state index in [1.807, 2.05) is 0 Å². The molecule has 21 heavy (non-hydrogen) atoms. The molecular formula is C15H10F2O4. The average molecular weight is 292 g/mol. The van der Waals surface area contributed by atoms with Crippen molar-refractivity contribution >= 4 is 12.3 Å². The smallest absolute Gasteiger partial charge is 0.343 e. The van der Waals surface area contributed by atoms with Crippen LogP contribution in [0.4, 0.5) is 8.78 Å². The van der Waals surface area contributed by atoms with Crippen molar-refractivity contribution < 1.29 is 27.8 Å². The minimum atomic E-state index is -1.17. The zero-order valence-electron chi connectivity index (χ0n) is 10.9. The molecule has 0 aromatic heterocycles. The molecule has 0 fully saturated rings. The minimum Gasteiger partial charge on any atom is -0.493 e. The Balaban J connectivity index is 2.35. The van der Waals surface area contributed by atoms with Crippen molar-refractivity contribution in [3.63, 3.8) is 0 Å². The zero-order valence-corrected chi connectivity index (χ0v) is 10.9. The van der Waals surface area contributed by atoms with Crippen LogP contribution in [-0.4, -0.2) is 19.4 Å². The van der Waals surface area contributed by atoms with Gasteiger partial charge >= 0.3 is 5.97 Å². The van der Waals surface area contributed by atoms with Crippen LogP contribution in [-0.2, 0) is 0 Å². The van der Waals surface area contributed by atoms with Gasteiger partial charge in [-0.3, -0.25) is 4.79 Å². The van der Waals surface area contributed by atoms with Crippen molar-refractivity contribution in [2.45, 2.75) is 0 Å². The van der Waals surface area contributed by atoms with Gasteiger partial charge in [0.2, 0.25) is 0 Å². The lowest BCUT2D eigenvalue weighted by atomic mass is 10.2. The molecule has 0 spiro atoms. The fraction of sp³-hybridized carbons (Fsp3) is 0.0667. The van der Waals surface area contributed by atoms with Crippen LogP contribution < -0.4 is 9.47 Å². The van der Waals surface area contributed by atoms with Crippen molar-refractivity contribution in [2.24, 2.45) is 0 Å². The van der Waals surface area contributed by atoms with Crippen molar-refractivity contribution in [3.05, 3.63) is 59.2 Å². The Kier molecular flexibility index (Phi) is 4.27. The lowest BCUT2D eigenvalue weighted by molar-refractivity contribution is 0.0727. The molecule has 0 unspecified atom stereocenters. The number of aldehydes is 1. The molecule has 4 nitrogen and oxygen atoms in total. The molecule has 2 rings (SSSR count). The molecule has 0 radical (unpaired) electrons. The molecule has 0 saturated heterocycles. The number of esters is 1. The van der Waals surface area contributed by atoms with Gasteiger partial charge in [0, 0.05) is 0 Å². The molecule has 2 aromatic rings. The number of rotatable bonds is 4. The second kappa shape index (κ2) is 6.13. The van der Waals surface area contributed by atoms with Gasteiger partial charge in [0.1, 0.15) is 0 Å². The molecule has 2 aromatic carbocycles. The highest BCUT2D eigenvalue weighted by Crippen LogP contribution is 2.30. The third-order valence-electron chi connectivity index (χ3n) is 2.71. The summed E-state index contributed by atoms with van der Waals surface area (Å²) in [5.41, 5.74) is -0.0815. The third kappa shape index (κ3) is 3.05. The number of hydrogen-bond acceptors (Lipinski definition) is 4. The second-order valence-electron chi connectivity index (χ2n) is 4.01. The maximum Gasteiger partial charge on any atom is 0.343 e. The summed E-state index contributed by atoms with van der Waals surface area (Å²) >= 11 is 0. The minimum absolute atomic E-state index is 0.0790. The van der Waals surface area contributed by atoms with Gasteiger partial charge in [-0.1, -0.05) is 6.07 Å². The molecule has 0 aliphatic carbocycles. The van der Waals surface area contributed by atoms with Gasteiger partial charge in [0.25, 0.3) is 0 Å². The summed E-state index contributed by atoms with van der Waals surface area (Å²) in [6.07, 6.45) is 0.496. The number of methoxy groups -OCH3 is 1. The molecule has 0 aliphatic rings. The molecule has 0 heterocycles. The number of carbonyl (C=O) groups excluding carboxylic acids is 2. The van der Waals surface area contributed by atoms with E-state index in [9.17, 15) is 18.4 Å². The summed E-state index contributed by atoms with van der Waals surface area (Å²) in [4.78, 5) is 22.9. The quantitative estimate of drug-likeness (QED) is 0.494. The summed E-state index contributed by atoms with van der Waals surface area (Å²) in [7, 11) is 1.35. The molecule has 0 N–H and O–H groups in total. The van der Waals surface area contributed by atoms with Crippen molar-refractivity contribution in [1.82, 2.24) is 0 Å². The van der Waals surface area contributed by atoms with Crippen LogP contribution in [0.5, 0.6) is 11.5 Å². The van der Waals surface area contributed by atoms with Crippen LogP contribution in [0.1, 0.15) is 20.7 Å². The van der Waals surface area contributed by atoms with Crippen molar-refractivity contribution in [2.75, 3.05) is 7.11 Å². The van der Waals surface area contributed by atoms with E-state index < -0.39 is 17.6 Å². The predicted molar refractivity (Wildman–Crippen MR) is 69.7 cm³/mol. The van der Waals surface area contributed by atoms with Gasteiger partial charge < -0.3 is 9.47 Å². The molecule has 0 bridgehead atoms. The van der Waals surface area contributed by atoms with Gasteiger partial charge in [-0.05, 0) is 30.3 Å². The summed E-state index contributed by atoms with van der Waals surface area (Å²) in [6, 6.07) is 7.10. The molecule has 0 atom stereocenters. The highest BCUT2D eigenvalue weighted by Gasteiger charge is 2.17. The number of carbonyl (C=O) groups is 2. The van der Waals surface area contributed by atoms with E-state index in [0.717, 1.165) is 12.1 Å². The Morgan fingerprint density at radius 1 is 1.14 bits per heavy atom. The highest BCUT2D eigenvalue weighted by atomic mass is 19.2. The van der Waals surface area contributed by atoms with Crippen LogP contribution in [0.15, 0.2) is 36.4 Å². The van der Waals surface area contributed by atoms with E-state index in [0.29, 0.717) is 12.4 Å². The summed E-state index contributed by atoms with van der Waals surface area (Å²) in [6.45, 7) is 0. The zero-order chi connectivity index (χ0) is 15.4. The topological polar surface area (TPSA) is 52.6 Å². The number of para-hydroxylation sites is 1. The number of benzene rings is 2. The fourth-order valence-corrected chi connectivity index (χ4v) is 1.67. The highest BCUT2D eigenvalue weighted by molar-refractivity contribution is 5.93. The lowest BCUT2D eigenvalue weighted by Crippen LogP contribution is -2.11. The number of hydrogen-bond donors (Lipinski definition) is 0. The molecule has 0 saturated carbocycles. The first-order chi connectivity index (χ1) is 10.1. The molecule has 6 heteroatoms. The Morgan fingerprint density at radius 3 is 2.52 bits per heavy atom. The molecular weight excluding hydrogens is 282 g/mol. The van der Waals surface area contributed by atoms with E-state index in [2.05, 4.69) is 0 Å². The molecule has 0 aliphatic heterocycles. The van der Waals surface area contributed by atoms with Gasteiger partial charge in [-0.2, -0.15) is 0 Å². The van der Waals surface area contributed by atoms with Crippen LogP contribution in [0, 0.1) is 11.6 Å². The van der Waals surface area contributed by atoms with Crippen molar-refractivity contribution in [1.29, 1.82) is 0 Å². The van der Waals surface area contributed by atoms with Gasteiger partial charge in [-0.25, -0.2) is 13.6 Å². The summed E-state index contributed by atoms with van der Waals surface area (Å²) in [5, 5.41) is 0. The largest absolute Gasteiger partial charge is 0.493 e. The Bertz CT molecular complexity index is 698. The summed E-state index contributed by atoms with van der Waals surface area (Å²) < 4.78 is 36.0. The van der Waals surface area contributed by atoms with Crippen LogP contribution in [0.25, 0.3) is 0 Å². The van der Waals surface area contributed by atoms with E-state index in [1.165, 1.54) is 19.2 Å². The van der Waals surface area contributed by atoms with Crippen LogP contribution >= 0.6 is 0 Å². The van der Waals surface area contributed by atoms with E-state index in [4.69, 9.17) is 9.47 Å². The standard InChI is InChI=1S/C15H10F2O4/c1-20-13-4-2-3-10(8-18)14(13)21-15(19)9-5-6-11(16)12(17)7-9/h2-8H,1H3. The van der Waals surface area contributed by atoms with E-state index in [-0.39, 0.29) is 22.6 Å². The Labute approximate surface area is 118 Å². The third-order valence-corrected chi connectivity index (χ3v) is 2.71. The Hall–Kier alpha value is -2.76. The summed E-state index contributed by atoms with van der Waals surface area (Å²) in [5.74, 6) is -3.07. The monoisotopic (exact) mass is 292 g/mol. The first-order valence-corrected chi connectivity index (χ1v) is 5.86. The second-order valence-corrected chi connectivity index (χ2v) is 4.01. The fourth-order valence-electron chi connectivity index (χ4n) is 1.67. The van der Waals surface area contributed by atoms with Crippen LogP contribution in [0.3, 0.4) is 0 Å². The van der Waals surface area contributed by atoms with E-state index in [1.54, 1.807) is 6.07 Å². The lowest BCUT2D eigenvalue weighted by Gasteiger charge is -2.11. The molecule has 0 amide bonds. The maximum absolute atomic E-state index is 13.1. The normalized spacial score (nSPS) is 10.0. The van der Waals surface area contributed by atoms with E-state index >= 15 is 0 Å². The SMILES string of the molecule is COc1cccc(C=O)c1OC(=O)c1ccc(F)c(F)c1. The Morgan fingerprint density at radius 2 is 1.90 bits per heavy atom. The first-order valence-electron chi connectivity index (χ1n) is 5.86. The van der Waals surface area contributed by atoms with Gasteiger partial charge in [-0.15, -0.1) is 0 Å². The number of ether oxygens (including phenoxy) is 2. The molecule has 108 valence electrons. The maximum atomic E-state index is 13.1. The number of halogens is 2. The first kappa shape index (κ1) is 14.6. The van der Waals surface area contributed by atoms with Crippen LogP contribution in [0.2, 0.25) is 0 Å². The van der Waals surface area contributed by atoms with Crippen molar-refractivity contribution in [3.8, 4) is 11.5 Å². The average Bonchev–Trinajstić information content (AvgIpc) is 2.50. The van der Waals surface area contributed by atoms with Gasteiger partial charge in [0.15, 0.2) is 29.4 Å². The predicted octanol–water partition coefficient (Wildman–Crippen LogP) is 3.01.